The van der Waals surface area contributed by atoms with Crippen molar-refractivity contribution in [3.8, 4) is 0 Å². The van der Waals surface area contributed by atoms with Gasteiger partial charge in [0.15, 0.2) is 5.78 Å². The number of benzene rings is 3. The average Bonchev–Trinajstić information content (AvgIpc) is 3.27. The van der Waals surface area contributed by atoms with Gasteiger partial charge in [-0.25, -0.2) is 0 Å². The summed E-state index contributed by atoms with van der Waals surface area (Å²) in [4.78, 5) is 32.7. The zero-order chi connectivity index (χ0) is 28.7. The summed E-state index contributed by atoms with van der Waals surface area (Å²) in [6.07, 6.45) is 3.81. The predicted octanol–water partition coefficient (Wildman–Crippen LogP) is 7.45. The van der Waals surface area contributed by atoms with Gasteiger partial charge in [-0.05, 0) is 59.7 Å². The molecule has 0 saturated heterocycles. The summed E-state index contributed by atoms with van der Waals surface area (Å²) in [5, 5.41) is 8.80. The second-order valence-electron chi connectivity index (χ2n) is 11.6. The van der Waals surface area contributed by atoms with E-state index in [2.05, 4.69) is 35.5 Å². The van der Waals surface area contributed by atoms with Crippen molar-refractivity contribution in [3.05, 3.63) is 105 Å². The van der Waals surface area contributed by atoms with E-state index in [1.807, 2.05) is 59.6 Å². The number of hydrogen-bond donors (Lipinski definition) is 3. The van der Waals surface area contributed by atoms with Crippen molar-refractivity contribution in [2.45, 2.75) is 39.2 Å². The van der Waals surface area contributed by atoms with Crippen LogP contribution in [-0.2, 0) is 16.0 Å². The number of ketones is 1. The van der Waals surface area contributed by atoms with Crippen molar-refractivity contribution in [2.24, 2.45) is 5.41 Å². The number of anilines is 2. The van der Waals surface area contributed by atoms with E-state index in [4.69, 9.17) is 23.2 Å². The van der Waals surface area contributed by atoms with Crippen LogP contribution in [0.1, 0.15) is 43.9 Å². The topological polar surface area (TPSA) is 77.2 Å². The molecule has 3 aromatic carbocycles. The number of halogens is 2. The van der Waals surface area contributed by atoms with Crippen LogP contribution < -0.4 is 15.5 Å². The Morgan fingerprint density at radius 3 is 2.66 bits per heavy atom. The number of allylic oxidation sites excluding steroid dienone is 1. The monoisotopic (exact) mass is 586 g/mol. The molecule has 4 aromatic rings. The SMILES string of the molecule is CC1(C)CC(=O)C2=C(C1)Nc1ccccc1N(CC(=O)NCCc1c[nH]c3ccccc13)C2c1ccc(Cl)cc1Cl. The Kier molecular flexibility index (Phi) is 7.30. The summed E-state index contributed by atoms with van der Waals surface area (Å²) in [6.45, 7) is 4.75. The zero-order valence-corrected chi connectivity index (χ0v) is 24.6. The first-order valence-corrected chi connectivity index (χ1v) is 14.6. The molecule has 1 aromatic heterocycles. The number of amides is 1. The van der Waals surface area contributed by atoms with Crippen molar-refractivity contribution in [1.82, 2.24) is 10.3 Å². The van der Waals surface area contributed by atoms with Crippen LogP contribution in [0.5, 0.6) is 0 Å². The fourth-order valence-electron chi connectivity index (χ4n) is 6.16. The number of para-hydroxylation sites is 3. The van der Waals surface area contributed by atoms with Gasteiger partial charge in [-0.1, -0.05) is 73.4 Å². The largest absolute Gasteiger partial charge is 0.361 e. The highest BCUT2D eigenvalue weighted by Gasteiger charge is 2.42. The summed E-state index contributed by atoms with van der Waals surface area (Å²) in [5.41, 5.74) is 5.98. The third kappa shape index (κ3) is 5.46. The molecule has 1 unspecified atom stereocenters. The molecule has 1 aliphatic heterocycles. The van der Waals surface area contributed by atoms with Crippen molar-refractivity contribution in [1.29, 1.82) is 0 Å². The standard InChI is InChI=1S/C33H32Cl2N4O2/c1-33(2)16-27-31(29(40)17-33)32(23-12-11-21(34)15-24(23)35)39(28-10-6-5-9-26(28)38-27)19-30(41)36-14-13-20-18-37-25-8-4-3-7-22(20)25/h3-12,15,18,32,37-38H,13-14,16-17,19H2,1-2H3,(H,36,41). The third-order valence-corrected chi connectivity index (χ3v) is 8.53. The quantitative estimate of drug-likeness (QED) is 0.219. The molecule has 0 saturated carbocycles. The number of nitrogens with one attached hydrogen (secondary N) is 3. The van der Waals surface area contributed by atoms with Crippen LogP contribution in [0.3, 0.4) is 0 Å². The zero-order valence-electron chi connectivity index (χ0n) is 23.1. The first-order chi connectivity index (χ1) is 19.7. The van der Waals surface area contributed by atoms with Gasteiger partial charge in [-0.3, -0.25) is 9.59 Å². The highest BCUT2D eigenvalue weighted by molar-refractivity contribution is 6.35. The highest BCUT2D eigenvalue weighted by atomic mass is 35.5. The van der Waals surface area contributed by atoms with Crippen LogP contribution in [-0.4, -0.2) is 29.8 Å². The maximum atomic E-state index is 13.9. The Morgan fingerprint density at radius 2 is 1.83 bits per heavy atom. The molecule has 1 aliphatic carbocycles. The highest BCUT2D eigenvalue weighted by Crippen LogP contribution is 2.49. The fourth-order valence-corrected chi connectivity index (χ4v) is 6.67. The van der Waals surface area contributed by atoms with E-state index in [9.17, 15) is 9.59 Å². The molecule has 3 N–H and O–H groups in total. The van der Waals surface area contributed by atoms with Crippen molar-refractivity contribution in [3.63, 3.8) is 0 Å². The van der Waals surface area contributed by atoms with E-state index in [0.29, 0.717) is 41.4 Å². The second kappa shape index (κ2) is 10.9. The molecule has 0 radical (unpaired) electrons. The van der Waals surface area contributed by atoms with Crippen LogP contribution in [0.25, 0.3) is 10.9 Å². The van der Waals surface area contributed by atoms with E-state index in [1.54, 1.807) is 12.1 Å². The van der Waals surface area contributed by atoms with Crippen LogP contribution in [0, 0.1) is 5.41 Å². The first kappa shape index (κ1) is 27.4. The normalized spacial score (nSPS) is 18.0. The summed E-state index contributed by atoms with van der Waals surface area (Å²) in [5.74, 6) is -0.0836. The molecular formula is C33H32Cl2N4O2. The number of rotatable bonds is 6. The molecule has 8 heteroatoms. The van der Waals surface area contributed by atoms with Gasteiger partial charge >= 0.3 is 0 Å². The summed E-state index contributed by atoms with van der Waals surface area (Å²) in [6, 6.07) is 20.8. The van der Waals surface area contributed by atoms with Crippen LogP contribution in [0.2, 0.25) is 10.0 Å². The van der Waals surface area contributed by atoms with E-state index < -0.39 is 6.04 Å². The van der Waals surface area contributed by atoms with Crippen LogP contribution in [0.15, 0.2) is 84.2 Å². The molecule has 1 amide bonds. The van der Waals surface area contributed by atoms with Gasteiger partial charge in [-0.15, -0.1) is 0 Å². The van der Waals surface area contributed by atoms with Crippen LogP contribution >= 0.6 is 23.2 Å². The van der Waals surface area contributed by atoms with Gasteiger partial charge in [0.2, 0.25) is 5.91 Å². The number of aromatic nitrogens is 1. The van der Waals surface area contributed by atoms with Gasteiger partial charge in [0, 0.05) is 51.4 Å². The summed E-state index contributed by atoms with van der Waals surface area (Å²) < 4.78 is 0. The van der Waals surface area contributed by atoms with Gasteiger partial charge in [0.05, 0.1) is 24.0 Å². The van der Waals surface area contributed by atoms with Gasteiger partial charge < -0.3 is 20.5 Å². The molecule has 2 aliphatic rings. The molecule has 1 atom stereocenters. The molecule has 41 heavy (non-hydrogen) atoms. The third-order valence-electron chi connectivity index (χ3n) is 7.97. The minimum Gasteiger partial charge on any atom is -0.361 e. The number of fused-ring (bicyclic) bond motifs is 2. The molecule has 6 rings (SSSR count). The van der Waals surface area contributed by atoms with E-state index in [0.717, 1.165) is 39.1 Å². The molecule has 0 fully saturated rings. The average molecular weight is 588 g/mol. The number of nitrogens with zero attached hydrogens (tertiary/aromatic N) is 1. The van der Waals surface area contributed by atoms with E-state index in [1.165, 1.54) is 0 Å². The Bertz CT molecular complexity index is 1690. The minimum atomic E-state index is -0.561. The fraction of sp³-hybridized carbons (Fsp3) is 0.273. The molecule has 0 bridgehead atoms. The number of H-pyrrole nitrogens is 1. The maximum absolute atomic E-state index is 13.9. The number of Topliss-reactive ketones (excluding diaryl/α,β-unsaturated/α-hetero) is 1. The maximum Gasteiger partial charge on any atom is 0.239 e. The minimum absolute atomic E-state index is 0.0453. The molecule has 210 valence electrons. The lowest BCUT2D eigenvalue weighted by atomic mass is 9.73. The molecule has 2 heterocycles. The molecule has 6 nitrogen and oxygen atoms in total. The smallest absolute Gasteiger partial charge is 0.239 e. The van der Waals surface area contributed by atoms with Crippen molar-refractivity contribution < 1.29 is 9.59 Å². The Hall–Kier alpha value is -3.74. The van der Waals surface area contributed by atoms with E-state index >= 15 is 0 Å². The molecular weight excluding hydrogens is 555 g/mol. The predicted molar refractivity (Wildman–Crippen MR) is 167 cm³/mol. The van der Waals surface area contributed by atoms with Crippen LogP contribution in [0.4, 0.5) is 11.4 Å². The second-order valence-corrected chi connectivity index (χ2v) is 12.5. The van der Waals surface area contributed by atoms with Crippen molar-refractivity contribution >= 4 is 57.2 Å². The Balaban J connectivity index is 1.35. The number of carbonyl (C=O) groups excluding carboxylic acids is 2. The summed E-state index contributed by atoms with van der Waals surface area (Å²) in [7, 11) is 0. The number of hydrogen-bond acceptors (Lipinski definition) is 4. The van der Waals surface area contributed by atoms with Gasteiger partial charge in [0.1, 0.15) is 0 Å². The van der Waals surface area contributed by atoms with E-state index in [-0.39, 0.29) is 23.7 Å². The lowest BCUT2D eigenvalue weighted by molar-refractivity contribution is -0.120. The number of aromatic amines is 1. The lowest BCUT2D eigenvalue weighted by Crippen LogP contribution is -2.42. The number of carbonyl (C=O) groups is 2. The lowest BCUT2D eigenvalue weighted by Gasteiger charge is -2.38. The van der Waals surface area contributed by atoms with Gasteiger partial charge in [-0.2, -0.15) is 0 Å². The first-order valence-electron chi connectivity index (χ1n) is 13.9. The molecule has 0 spiro atoms. The van der Waals surface area contributed by atoms with Gasteiger partial charge in [0.25, 0.3) is 0 Å². The van der Waals surface area contributed by atoms with Crippen molar-refractivity contribution in [2.75, 3.05) is 23.3 Å². The summed E-state index contributed by atoms with van der Waals surface area (Å²) >= 11 is 13.1. The Morgan fingerprint density at radius 1 is 1.05 bits per heavy atom. The Labute approximate surface area is 249 Å².